The Bertz CT molecular complexity index is 1110. The van der Waals surface area contributed by atoms with Gasteiger partial charge in [-0.05, 0) is 61.0 Å². The topological polar surface area (TPSA) is 70.4 Å². The molecule has 0 unspecified atom stereocenters. The van der Waals surface area contributed by atoms with Crippen LogP contribution in [-0.2, 0) is 16.1 Å². The Morgan fingerprint density at radius 2 is 1.81 bits per heavy atom. The van der Waals surface area contributed by atoms with E-state index in [1.807, 2.05) is 0 Å². The van der Waals surface area contributed by atoms with Crippen molar-refractivity contribution in [2.24, 2.45) is 0 Å². The molecule has 0 saturated heterocycles. The number of aryl methyl sites for hydroxylation is 1. The average molecular weight is 443 g/mol. The molecule has 160 valence electrons. The molecule has 3 aromatic rings. The van der Waals surface area contributed by atoms with Gasteiger partial charge < -0.3 is 9.47 Å². The van der Waals surface area contributed by atoms with E-state index in [1.54, 1.807) is 54.1 Å². The molecule has 6 nitrogen and oxygen atoms in total. The highest BCUT2D eigenvalue weighted by atomic mass is 35.5. The van der Waals surface area contributed by atoms with Gasteiger partial charge in [0.05, 0.1) is 19.3 Å². The number of benzene rings is 2. The molecule has 1 aromatic heterocycles. The fraction of sp³-hybridized carbons (Fsp3) is 0.174. The number of carbonyl (C=O) groups excluding carboxylic acids is 2. The van der Waals surface area contributed by atoms with Crippen LogP contribution >= 0.6 is 11.6 Å². The molecule has 2 aromatic carbocycles. The minimum Gasteiger partial charge on any atom is -0.482 e. The molecule has 0 amide bonds. The third-order valence-electron chi connectivity index (χ3n) is 4.48. The number of aromatic nitrogens is 2. The largest absolute Gasteiger partial charge is 0.482 e. The molecule has 3 rings (SSSR count). The molecule has 31 heavy (non-hydrogen) atoms. The maximum Gasteiger partial charge on any atom is 0.343 e. The molecule has 0 aliphatic carbocycles. The first kappa shape index (κ1) is 22.2. The summed E-state index contributed by atoms with van der Waals surface area (Å²) in [5, 5.41) is 4.79. The third kappa shape index (κ3) is 5.79. The average Bonchev–Trinajstić information content (AvgIpc) is 3.04. The van der Waals surface area contributed by atoms with Gasteiger partial charge in [-0.3, -0.25) is 4.79 Å². The van der Waals surface area contributed by atoms with Crippen LogP contribution in [0.5, 0.6) is 5.75 Å². The first-order valence-electron chi connectivity index (χ1n) is 9.37. The molecule has 0 radical (unpaired) electrons. The second-order valence-electron chi connectivity index (χ2n) is 6.66. The molecule has 0 N–H and O–H groups in total. The van der Waals surface area contributed by atoms with Crippen molar-refractivity contribution in [3.05, 3.63) is 88.0 Å². The van der Waals surface area contributed by atoms with Gasteiger partial charge in [0.1, 0.15) is 16.7 Å². The first-order valence-corrected chi connectivity index (χ1v) is 9.74. The maximum atomic E-state index is 13.1. The molecule has 1 heterocycles. The number of carbonyl (C=O) groups is 2. The number of halogens is 2. The van der Waals surface area contributed by atoms with Crippen molar-refractivity contribution in [1.29, 1.82) is 0 Å². The second-order valence-corrected chi connectivity index (χ2v) is 7.02. The van der Waals surface area contributed by atoms with Crippen LogP contribution in [0.2, 0.25) is 5.15 Å². The van der Waals surface area contributed by atoms with Gasteiger partial charge in [0.15, 0.2) is 12.4 Å². The molecule has 0 spiro atoms. The Balaban J connectivity index is 1.68. The van der Waals surface area contributed by atoms with Crippen LogP contribution in [0.15, 0.2) is 54.6 Å². The van der Waals surface area contributed by atoms with Gasteiger partial charge in [0, 0.05) is 11.1 Å². The van der Waals surface area contributed by atoms with Crippen LogP contribution in [0.4, 0.5) is 4.39 Å². The molecular formula is C23H20ClFN2O4. The molecule has 0 saturated carbocycles. The zero-order valence-corrected chi connectivity index (χ0v) is 17.7. The maximum absolute atomic E-state index is 13.1. The van der Waals surface area contributed by atoms with Gasteiger partial charge in [-0.1, -0.05) is 23.7 Å². The van der Waals surface area contributed by atoms with Crippen LogP contribution in [0.3, 0.4) is 0 Å². The van der Waals surface area contributed by atoms with Crippen molar-refractivity contribution in [3.8, 4) is 5.75 Å². The van der Waals surface area contributed by atoms with Crippen molar-refractivity contribution in [1.82, 2.24) is 9.78 Å². The molecule has 0 atom stereocenters. The highest BCUT2D eigenvalue weighted by molar-refractivity contribution is 6.31. The number of rotatable bonds is 8. The predicted octanol–water partition coefficient (Wildman–Crippen LogP) is 4.48. The summed E-state index contributed by atoms with van der Waals surface area (Å²) in [6.45, 7) is 1.97. The van der Waals surface area contributed by atoms with Crippen LogP contribution in [0.25, 0.3) is 6.08 Å². The number of nitrogens with zero attached hydrogens (tertiary/aromatic N) is 2. The number of hydrogen-bond acceptors (Lipinski definition) is 5. The Hall–Kier alpha value is -3.45. The summed E-state index contributed by atoms with van der Waals surface area (Å²) in [4.78, 5) is 23.6. The second kappa shape index (κ2) is 10.0. The molecule has 8 heteroatoms. The quantitative estimate of drug-likeness (QED) is 0.292. The van der Waals surface area contributed by atoms with Crippen LogP contribution in [-0.4, -0.2) is 35.2 Å². The van der Waals surface area contributed by atoms with Crippen LogP contribution in [0.1, 0.15) is 27.2 Å². The van der Waals surface area contributed by atoms with Gasteiger partial charge in [0.25, 0.3) is 0 Å². The molecule has 0 aliphatic rings. The summed E-state index contributed by atoms with van der Waals surface area (Å²) >= 11 is 6.44. The number of ether oxygens (including phenoxy) is 2. The number of ketones is 1. The smallest absolute Gasteiger partial charge is 0.343 e. The van der Waals surface area contributed by atoms with E-state index in [0.717, 1.165) is 5.56 Å². The number of esters is 1. The standard InChI is InChI=1S/C23H20ClFN2O4/c1-15-20(23(24)27(26-15)13-16-3-7-18(25)8-4-16)11-12-21(28)17-5-9-19(10-6-17)31-14-22(29)30-2/h3-12H,13-14H2,1-2H3. The predicted molar refractivity (Wildman–Crippen MR) is 115 cm³/mol. The van der Waals surface area contributed by atoms with Crippen molar-refractivity contribution < 1.29 is 23.5 Å². The van der Waals surface area contributed by atoms with E-state index < -0.39 is 5.97 Å². The van der Waals surface area contributed by atoms with E-state index in [2.05, 4.69) is 9.84 Å². The van der Waals surface area contributed by atoms with Crippen molar-refractivity contribution in [3.63, 3.8) is 0 Å². The third-order valence-corrected chi connectivity index (χ3v) is 4.88. The Labute approximate surface area is 183 Å². The summed E-state index contributed by atoms with van der Waals surface area (Å²) in [6.07, 6.45) is 3.04. The van der Waals surface area contributed by atoms with E-state index in [9.17, 15) is 14.0 Å². The normalized spacial score (nSPS) is 11.0. The van der Waals surface area contributed by atoms with Gasteiger partial charge in [0.2, 0.25) is 0 Å². The number of allylic oxidation sites excluding steroid dienone is 1. The minimum atomic E-state index is -0.490. The van der Waals surface area contributed by atoms with E-state index in [0.29, 0.717) is 34.3 Å². The Morgan fingerprint density at radius 3 is 2.45 bits per heavy atom. The lowest BCUT2D eigenvalue weighted by Gasteiger charge is -2.05. The lowest BCUT2D eigenvalue weighted by molar-refractivity contribution is -0.142. The van der Waals surface area contributed by atoms with Crippen LogP contribution < -0.4 is 4.74 Å². The monoisotopic (exact) mass is 442 g/mol. The van der Waals surface area contributed by atoms with Gasteiger partial charge in [-0.2, -0.15) is 5.10 Å². The summed E-state index contributed by atoms with van der Waals surface area (Å²) in [5.74, 6) is -0.569. The minimum absolute atomic E-state index is 0.205. The van der Waals surface area contributed by atoms with Crippen molar-refractivity contribution in [2.75, 3.05) is 13.7 Å². The Morgan fingerprint density at radius 1 is 1.13 bits per heavy atom. The van der Waals surface area contributed by atoms with E-state index >= 15 is 0 Å². The summed E-state index contributed by atoms with van der Waals surface area (Å²) in [5.41, 5.74) is 2.61. The van der Waals surface area contributed by atoms with Crippen LogP contribution in [0, 0.1) is 12.7 Å². The van der Waals surface area contributed by atoms with E-state index in [1.165, 1.54) is 25.3 Å². The van der Waals surface area contributed by atoms with E-state index in [-0.39, 0.29) is 18.2 Å². The van der Waals surface area contributed by atoms with Crippen molar-refractivity contribution in [2.45, 2.75) is 13.5 Å². The van der Waals surface area contributed by atoms with Gasteiger partial charge in [-0.25, -0.2) is 13.9 Å². The highest BCUT2D eigenvalue weighted by Crippen LogP contribution is 2.23. The lowest BCUT2D eigenvalue weighted by atomic mass is 10.1. The van der Waals surface area contributed by atoms with Gasteiger partial charge >= 0.3 is 5.97 Å². The molecule has 0 fully saturated rings. The fourth-order valence-corrected chi connectivity index (χ4v) is 3.09. The zero-order chi connectivity index (χ0) is 22.4. The Kier molecular flexibility index (Phi) is 7.20. The van der Waals surface area contributed by atoms with Gasteiger partial charge in [-0.15, -0.1) is 0 Å². The van der Waals surface area contributed by atoms with E-state index in [4.69, 9.17) is 16.3 Å². The zero-order valence-electron chi connectivity index (χ0n) is 17.0. The van der Waals surface area contributed by atoms with Crippen molar-refractivity contribution >= 4 is 29.4 Å². The SMILES string of the molecule is COC(=O)COc1ccc(C(=O)C=Cc2c(C)nn(Cc3ccc(F)cc3)c2Cl)cc1. The molecule has 0 bridgehead atoms. The number of hydrogen-bond donors (Lipinski definition) is 0. The molecule has 0 aliphatic heterocycles. The fourth-order valence-electron chi connectivity index (χ4n) is 2.80. The molecular weight excluding hydrogens is 423 g/mol. The highest BCUT2D eigenvalue weighted by Gasteiger charge is 2.12. The first-order chi connectivity index (χ1) is 14.9. The summed E-state index contributed by atoms with van der Waals surface area (Å²) in [6, 6.07) is 12.5. The lowest BCUT2D eigenvalue weighted by Crippen LogP contribution is -2.12. The summed E-state index contributed by atoms with van der Waals surface area (Å²) in [7, 11) is 1.28. The number of methoxy groups -OCH3 is 1. The summed E-state index contributed by atoms with van der Waals surface area (Å²) < 4.78 is 24.4.